The van der Waals surface area contributed by atoms with Crippen LogP contribution in [0.3, 0.4) is 0 Å². The second-order valence-corrected chi connectivity index (χ2v) is 6.10. The number of carbonyl (C=O) groups excluding carboxylic acids is 1. The molecule has 0 radical (unpaired) electrons. The van der Waals surface area contributed by atoms with Crippen molar-refractivity contribution in [3.8, 4) is 11.5 Å². The smallest absolute Gasteiger partial charge is 0.360 e. The van der Waals surface area contributed by atoms with E-state index in [2.05, 4.69) is 5.43 Å². The Bertz CT molecular complexity index is 736. The Balaban J connectivity index is 1.98. The van der Waals surface area contributed by atoms with Gasteiger partial charge in [-0.3, -0.25) is 10.3 Å². The number of hydrogen-bond donors (Lipinski definition) is 1. The van der Waals surface area contributed by atoms with E-state index in [0.29, 0.717) is 11.4 Å². The fourth-order valence-corrected chi connectivity index (χ4v) is 3.26. The molecule has 7 heteroatoms. The summed E-state index contributed by atoms with van der Waals surface area (Å²) < 4.78 is 5.93. The van der Waals surface area contributed by atoms with Crippen LogP contribution < -0.4 is 15.2 Å². The number of nitrogens with zero attached hydrogens (tertiary/aromatic N) is 2. The molecule has 0 aromatic heterocycles. The van der Waals surface area contributed by atoms with Crippen LogP contribution in [0.25, 0.3) is 0 Å². The van der Waals surface area contributed by atoms with Gasteiger partial charge in [-0.25, -0.2) is 9.80 Å². The summed E-state index contributed by atoms with van der Waals surface area (Å²) in [5, 5.41) is 2.77. The van der Waals surface area contributed by atoms with Gasteiger partial charge in [0.25, 0.3) is 0 Å². The van der Waals surface area contributed by atoms with Crippen molar-refractivity contribution in [3.63, 3.8) is 0 Å². The van der Waals surface area contributed by atoms with Gasteiger partial charge in [0.05, 0.1) is 22.6 Å². The standard InChI is InChI=1S/C16H17N3O3S/c1-18(2)17-16(20)19(21-3)11-7-6-9-13-15(11)23-14-10-5-4-8-12(14)22-13/h4-10H,1-3H3,(H,17,20). The van der Waals surface area contributed by atoms with Gasteiger partial charge in [-0.05, 0) is 24.3 Å². The van der Waals surface area contributed by atoms with Crippen molar-refractivity contribution in [2.75, 3.05) is 26.3 Å². The fourth-order valence-electron chi connectivity index (χ4n) is 2.22. The van der Waals surface area contributed by atoms with Crippen LogP contribution in [-0.4, -0.2) is 32.2 Å². The van der Waals surface area contributed by atoms with Crippen molar-refractivity contribution >= 4 is 23.5 Å². The maximum absolute atomic E-state index is 12.3. The first-order valence-electron chi connectivity index (χ1n) is 7.00. The maximum atomic E-state index is 12.3. The molecule has 0 unspecified atom stereocenters. The Labute approximate surface area is 138 Å². The number of amides is 2. The van der Waals surface area contributed by atoms with Crippen LogP contribution in [-0.2, 0) is 4.84 Å². The van der Waals surface area contributed by atoms with E-state index in [1.807, 2.05) is 42.5 Å². The molecule has 1 aliphatic rings. The van der Waals surface area contributed by atoms with Gasteiger partial charge in [-0.2, -0.15) is 5.06 Å². The SMILES string of the molecule is CON(C(=O)NN(C)C)c1cccc2c1Sc1ccccc1O2. The topological polar surface area (TPSA) is 54.0 Å². The second-order valence-electron chi connectivity index (χ2n) is 5.04. The summed E-state index contributed by atoms with van der Waals surface area (Å²) in [5.74, 6) is 1.51. The lowest BCUT2D eigenvalue weighted by molar-refractivity contribution is 0.147. The summed E-state index contributed by atoms with van der Waals surface area (Å²) >= 11 is 1.55. The van der Waals surface area contributed by atoms with Gasteiger partial charge < -0.3 is 4.74 Å². The number of nitrogens with one attached hydrogen (secondary N) is 1. The lowest BCUT2D eigenvalue weighted by Crippen LogP contribution is -2.45. The largest absolute Gasteiger partial charge is 0.455 e. The number of anilines is 1. The van der Waals surface area contributed by atoms with Crippen molar-refractivity contribution in [1.82, 2.24) is 10.4 Å². The van der Waals surface area contributed by atoms with Crippen molar-refractivity contribution < 1.29 is 14.4 Å². The van der Waals surface area contributed by atoms with E-state index in [-0.39, 0.29) is 6.03 Å². The molecule has 0 fully saturated rings. The predicted molar refractivity (Wildman–Crippen MR) is 88.8 cm³/mol. The first kappa shape index (κ1) is 15.7. The Morgan fingerprint density at radius 2 is 1.87 bits per heavy atom. The molecule has 1 N–H and O–H groups in total. The summed E-state index contributed by atoms with van der Waals surface area (Å²) in [7, 11) is 4.93. The Hall–Kier alpha value is -2.22. The van der Waals surface area contributed by atoms with Crippen LogP contribution in [0, 0.1) is 0 Å². The molecule has 6 nitrogen and oxygen atoms in total. The molecule has 3 rings (SSSR count). The predicted octanol–water partition coefficient (Wildman–Crippen LogP) is 3.50. The van der Waals surface area contributed by atoms with Gasteiger partial charge >= 0.3 is 6.03 Å². The molecule has 0 saturated heterocycles. The van der Waals surface area contributed by atoms with Gasteiger partial charge in [0.2, 0.25) is 0 Å². The molecule has 1 heterocycles. The average molecular weight is 331 g/mol. The number of urea groups is 1. The fraction of sp³-hybridized carbons (Fsp3) is 0.188. The maximum Gasteiger partial charge on any atom is 0.360 e. The van der Waals surface area contributed by atoms with Crippen molar-refractivity contribution in [2.24, 2.45) is 0 Å². The van der Waals surface area contributed by atoms with Gasteiger partial charge in [0, 0.05) is 14.1 Å². The second kappa shape index (κ2) is 6.49. The average Bonchev–Trinajstić information content (AvgIpc) is 2.53. The number of hydrazine groups is 1. The molecule has 0 spiro atoms. The molecule has 0 aliphatic carbocycles. The van der Waals surface area contributed by atoms with E-state index in [1.165, 1.54) is 12.2 Å². The normalized spacial score (nSPS) is 12.2. The van der Waals surface area contributed by atoms with Crippen LogP contribution in [0.4, 0.5) is 10.5 Å². The van der Waals surface area contributed by atoms with Crippen LogP contribution in [0.1, 0.15) is 0 Å². The molecule has 2 aromatic carbocycles. The Morgan fingerprint density at radius 1 is 1.13 bits per heavy atom. The van der Waals surface area contributed by atoms with E-state index >= 15 is 0 Å². The number of rotatable bonds is 3. The van der Waals surface area contributed by atoms with Crippen LogP contribution >= 0.6 is 11.8 Å². The first-order chi connectivity index (χ1) is 11.1. The number of hydrogen-bond acceptors (Lipinski definition) is 5. The lowest BCUT2D eigenvalue weighted by Gasteiger charge is -2.27. The van der Waals surface area contributed by atoms with E-state index in [1.54, 1.807) is 30.9 Å². The number of fused-ring (bicyclic) bond motifs is 2. The summed E-state index contributed by atoms with van der Waals surface area (Å²) in [6.45, 7) is 0. The quantitative estimate of drug-likeness (QED) is 0.745. The van der Waals surface area contributed by atoms with Crippen LogP contribution in [0.5, 0.6) is 11.5 Å². The molecule has 2 amide bonds. The van der Waals surface area contributed by atoms with Gasteiger partial charge in [-0.1, -0.05) is 30.0 Å². The Morgan fingerprint density at radius 3 is 2.61 bits per heavy atom. The molecule has 0 bridgehead atoms. The third-order valence-corrected chi connectivity index (χ3v) is 4.32. The Kier molecular flexibility index (Phi) is 4.42. The van der Waals surface area contributed by atoms with Crippen LogP contribution in [0.15, 0.2) is 52.3 Å². The monoisotopic (exact) mass is 331 g/mol. The highest BCUT2D eigenvalue weighted by atomic mass is 32.2. The molecule has 120 valence electrons. The van der Waals surface area contributed by atoms with Crippen molar-refractivity contribution in [2.45, 2.75) is 9.79 Å². The minimum absolute atomic E-state index is 0.384. The highest BCUT2D eigenvalue weighted by Gasteiger charge is 2.26. The lowest BCUT2D eigenvalue weighted by atomic mass is 10.2. The molecular weight excluding hydrogens is 314 g/mol. The third kappa shape index (κ3) is 3.12. The van der Waals surface area contributed by atoms with Crippen molar-refractivity contribution in [3.05, 3.63) is 42.5 Å². The number of hydroxylamine groups is 1. The highest BCUT2D eigenvalue weighted by molar-refractivity contribution is 7.99. The summed E-state index contributed by atoms with van der Waals surface area (Å²) in [6.07, 6.45) is 0. The van der Waals surface area contributed by atoms with E-state index < -0.39 is 0 Å². The zero-order chi connectivity index (χ0) is 16.4. The first-order valence-corrected chi connectivity index (χ1v) is 7.81. The molecule has 0 atom stereocenters. The zero-order valence-corrected chi connectivity index (χ0v) is 13.9. The summed E-state index contributed by atoms with van der Waals surface area (Å²) in [4.78, 5) is 19.4. The van der Waals surface area contributed by atoms with E-state index in [9.17, 15) is 4.79 Å². The minimum Gasteiger partial charge on any atom is -0.455 e. The summed E-state index contributed by atoms with van der Waals surface area (Å²) in [6, 6.07) is 12.9. The molecule has 23 heavy (non-hydrogen) atoms. The van der Waals surface area contributed by atoms with Gasteiger partial charge in [0.1, 0.15) is 11.5 Å². The van der Waals surface area contributed by atoms with E-state index in [4.69, 9.17) is 9.57 Å². The van der Waals surface area contributed by atoms with Gasteiger partial charge in [0.15, 0.2) is 0 Å². The number of para-hydroxylation sites is 1. The number of carbonyl (C=O) groups is 1. The number of benzene rings is 2. The molecule has 1 aliphatic heterocycles. The molecular formula is C16H17N3O3S. The molecule has 0 saturated carbocycles. The summed E-state index contributed by atoms with van der Waals surface area (Å²) in [5.41, 5.74) is 3.29. The third-order valence-electron chi connectivity index (χ3n) is 3.14. The van der Waals surface area contributed by atoms with Gasteiger partial charge in [-0.15, -0.1) is 0 Å². The van der Waals surface area contributed by atoms with Crippen LogP contribution in [0.2, 0.25) is 0 Å². The number of ether oxygens (including phenoxy) is 1. The van der Waals surface area contributed by atoms with Crippen molar-refractivity contribution in [1.29, 1.82) is 0 Å². The zero-order valence-electron chi connectivity index (χ0n) is 13.1. The van der Waals surface area contributed by atoms with E-state index in [0.717, 1.165) is 15.5 Å². The molecule has 2 aromatic rings. The highest BCUT2D eigenvalue weighted by Crippen LogP contribution is 2.50. The minimum atomic E-state index is -0.384.